The van der Waals surface area contributed by atoms with Crippen molar-refractivity contribution in [1.29, 1.82) is 0 Å². The number of benzene rings is 3. The molecule has 0 aliphatic heterocycles. The summed E-state index contributed by atoms with van der Waals surface area (Å²) < 4.78 is 2.03. The molecule has 2 aromatic heterocycles. The lowest BCUT2D eigenvalue weighted by molar-refractivity contribution is 0.884. The third-order valence-corrected chi connectivity index (χ3v) is 5.94. The highest BCUT2D eigenvalue weighted by molar-refractivity contribution is 7.98. The van der Waals surface area contributed by atoms with Crippen molar-refractivity contribution in [3.8, 4) is 17.1 Å². The molecular weight excluding hydrogens is 428 g/mol. The fourth-order valence-corrected chi connectivity index (χ4v) is 4.24. The molecule has 0 aliphatic rings. The molecule has 3 aromatic carbocycles. The molecule has 2 N–H and O–H groups in total. The van der Waals surface area contributed by atoms with E-state index in [1.54, 1.807) is 0 Å². The van der Waals surface area contributed by atoms with Crippen molar-refractivity contribution >= 4 is 40.1 Å². The Hall–Kier alpha value is -3.42. The van der Waals surface area contributed by atoms with E-state index >= 15 is 0 Å². The van der Waals surface area contributed by atoms with Gasteiger partial charge in [-0.05, 0) is 48.5 Å². The molecule has 0 saturated carbocycles. The lowest BCUT2D eigenvalue weighted by Gasteiger charge is -2.10. The van der Waals surface area contributed by atoms with Gasteiger partial charge in [0, 0.05) is 21.7 Å². The first-order valence-electron chi connectivity index (χ1n) is 9.60. The molecule has 8 heteroatoms. The molecule has 5 aromatic rings. The van der Waals surface area contributed by atoms with Crippen LogP contribution in [-0.2, 0) is 5.75 Å². The van der Waals surface area contributed by atoms with Gasteiger partial charge in [0.05, 0.1) is 11.3 Å². The second-order valence-corrected chi connectivity index (χ2v) is 8.19. The molecule has 31 heavy (non-hydrogen) atoms. The average molecular weight is 445 g/mol. The minimum absolute atomic E-state index is 0.479. The number of para-hydroxylation sites is 2. The molecule has 0 spiro atoms. The Balaban J connectivity index is 1.51. The predicted molar refractivity (Wildman–Crippen MR) is 125 cm³/mol. The number of nitrogen functional groups attached to an aromatic ring is 1. The van der Waals surface area contributed by atoms with Gasteiger partial charge in [-0.15, -0.1) is 10.2 Å². The van der Waals surface area contributed by atoms with Crippen LogP contribution in [0, 0.1) is 0 Å². The van der Waals surface area contributed by atoms with E-state index in [4.69, 9.17) is 17.3 Å². The van der Waals surface area contributed by atoms with Crippen LogP contribution in [0.25, 0.3) is 28.0 Å². The zero-order valence-corrected chi connectivity index (χ0v) is 17.9. The third-order valence-electron chi connectivity index (χ3n) is 4.76. The molecule has 2 heterocycles. The molecule has 0 radical (unpaired) electrons. The van der Waals surface area contributed by atoms with Gasteiger partial charge in [0.25, 0.3) is 0 Å². The third kappa shape index (κ3) is 3.97. The smallest absolute Gasteiger partial charge is 0.196 e. The second-order valence-electron chi connectivity index (χ2n) is 6.81. The number of hydrogen-bond acceptors (Lipinski definition) is 6. The summed E-state index contributed by atoms with van der Waals surface area (Å²) in [6, 6.07) is 25.3. The summed E-state index contributed by atoms with van der Waals surface area (Å²) in [6.07, 6.45) is 0. The highest BCUT2D eigenvalue weighted by Gasteiger charge is 2.17. The fraction of sp³-hybridized carbons (Fsp3) is 0.0435. The quantitative estimate of drug-likeness (QED) is 0.365. The summed E-state index contributed by atoms with van der Waals surface area (Å²) in [5.74, 6) is 2.38. The van der Waals surface area contributed by atoms with Gasteiger partial charge in [0.1, 0.15) is 11.6 Å². The van der Waals surface area contributed by atoms with Gasteiger partial charge >= 0.3 is 0 Å². The zero-order chi connectivity index (χ0) is 21.2. The van der Waals surface area contributed by atoms with Crippen LogP contribution < -0.4 is 5.73 Å². The molecular formula is C23H17ClN6S. The molecule has 6 nitrogen and oxygen atoms in total. The fourth-order valence-electron chi connectivity index (χ4n) is 3.30. The lowest BCUT2D eigenvalue weighted by Crippen LogP contribution is -2.02. The molecule has 5 rings (SSSR count). The van der Waals surface area contributed by atoms with E-state index < -0.39 is 0 Å². The minimum Gasteiger partial charge on any atom is -0.383 e. The number of rotatable bonds is 5. The van der Waals surface area contributed by atoms with Gasteiger partial charge < -0.3 is 5.73 Å². The number of fused-ring (bicyclic) bond motifs is 1. The predicted octanol–water partition coefficient (Wildman–Crippen LogP) is 5.41. The summed E-state index contributed by atoms with van der Waals surface area (Å²) >= 11 is 7.58. The summed E-state index contributed by atoms with van der Waals surface area (Å²) in [7, 11) is 0. The number of aromatic nitrogens is 5. The number of halogens is 1. The van der Waals surface area contributed by atoms with Gasteiger partial charge in [0.2, 0.25) is 0 Å². The van der Waals surface area contributed by atoms with E-state index in [2.05, 4.69) is 20.2 Å². The number of nitrogens with two attached hydrogens (primary N) is 1. The van der Waals surface area contributed by atoms with Crippen LogP contribution in [0.4, 0.5) is 5.82 Å². The van der Waals surface area contributed by atoms with E-state index in [1.165, 1.54) is 11.8 Å². The maximum atomic E-state index is 6.13. The van der Waals surface area contributed by atoms with Crippen LogP contribution in [-0.4, -0.2) is 24.7 Å². The largest absolute Gasteiger partial charge is 0.383 e. The maximum absolute atomic E-state index is 6.13. The first-order chi connectivity index (χ1) is 15.2. The minimum atomic E-state index is 0.479. The molecule has 0 unspecified atom stereocenters. The van der Waals surface area contributed by atoms with Crippen LogP contribution in [0.5, 0.6) is 0 Å². The number of hydrogen-bond donors (Lipinski definition) is 1. The van der Waals surface area contributed by atoms with Crippen LogP contribution in [0.15, 0.2) is 84.0 Å². The number of anilines is 1. The van der Waals surface area contributed by atoms with Crippen molar-refractivity contribution in [1.82, 2.24) is 24.7 Å². The van der Waals surface area contributed by atoms with Gasteiger partial charge in [-0.3, -0.25) is 4.57 Å². The molecule has 152 valence electrons. The highest BCUT2D eigenvalue weighted by Crippen LogP contribution is 2.30. The maximum Gasteiger partial charge on any atom is 0.196 e. The molecule has 0 atom stereocenters. The van der Waals surface area contributed by atoms with Crippen LogP contribution in [0.1, 0.15) is 5.82 Å². The zero-order valence-electron chi connectivity index (χ0n) is 16.3. The normalized spacial score (nSPS) is 11.1. The summed E-state index contributed by atoms with van der Waals surface area (Å²) in [5.41, 5.74) is 8.87. The van der Waals surface area contributed by atoms with Crippen LogP contribution in [0.3, 0.4) is 0 Å². The standard InChI is InChI=1S/C23H17ClN6S/c24-16-12-10-15(11-13-16)22-28-29-23(30(22)17-6-2-1-3-7-17)31-14-20-26-19-9-5-4-8-18(19)21(25)27-20/h1-13H,14H2,(H2,25,26,27). The molecule has 0 bridgehead atoms. The Morgan fingerprint density at radius 2 is 1.58 bits per heavy atom. The Kier molecular flexibility index (Phi) is 5.28. The summed E-state index contributed by atoms with van der Waals surface area (Å²) in [5, 5.41) is 11.2. The van der Waals surface area contributed by atoms with E-state index in [9.17, 15) is 0 Å². The van der Waals surface area contributed by atoms with Crippen molar-refractivity contribution in [3.63, 3.8) is 0 Å². The Labute approximate surface area is 188 Å². The van der Waals surface area contributed by atoms with Crippen molar-refractivity contribution in [2.75, 3.05) is 5.73 Å². The van der Waals surface area contributed by atoms with Crippen molar-refractivity contribution in [3.05, 3.63) is 89.7 Å². The van der Waals surface area contributed by atoms with E-state index in [-0.39, 0.29) is 0 Å². The first kappa shape index (κ1) is 19.5. The summed E-state index contributed by atoms with van der Waals surface area (Å²) in [6.45, 7) is 0. The number of thioether (sulfide) groups is 1. The monoisotopic (exact) mass is 444 g/mol. The molecule has 0 fully saturated rings. The van der Waals surface area contributed by atoms with Crippen LogP contribution in [0.2, 0.25) is 5.02 Å². The van der Waals surface area contributed by atoms with Gasteiger partial charge in [-0.1, -0.05) is 53.7 Å². The topological polar surface area (TPSA) is 82.5 Å². The molecule has 0 aliphatic carbocycles. The SMILES string of the molecule is Nc1nc(CSc2nnc(-c3ccc(Cl)cc3)n2-c2ccccc2)nc2ccccc12. The molecule has 0 amide bonds. The van der Waals surface area contributed by atoms with E-state index in [0.29, 0.717) is 22.4 Å². The van der Waals surface area contributed by atoms with Crippen molar-refractivity contribution < 1.29 is 0 Å². The Morgan fingerprint density at radius 3 is 2.39 bits per heavy atom. The lowest BCUT2D eigenvalue weighted by atomic mass is 10.2. The first-order valence-corrected chi connectivity index (χ1v) is 11.0. The summed E-state index contributed by atoms with van der Waals surface area (Å²) in [4.78, 5) is 9.11. The van der Waals surface area contributed by atoms with Crippen molar-refractivity contribution in [2.45, 2.75) is 10.9 Å². The molecule has 0 saturated heterocycles. The number of nitrogens with zero attached hydrogens (tertiary/aromatic N) is 5. The Bertz CT molecular complexity index is 1350. The van der Waals surface area contributed by atoms with Gasteiger partial charge in [-0.2, -0.15) is 0 Å². The van der Waals surface area contributed by atoms with E-state index in [0.717, 1.165) is 33.1 Å². The Morgan fingerprint density at radius 1 is 0.839 bits per heavy atom. The second kappa shape index (κ2) is 8.37. The van der Waals surface area contributed by atoms with Gasteiger partial charge in [0.15, 0.2) is 11.0 Å². The van der Waals surface area contributed by atoms with Crippen molar-refractivity contribution in [2.24, 2.45) is 0 Å². The van der Waals surface area contributed by atoms with E-state index in [1.807, 2.05) is 83.4 Å². The average Bonchev–Trinajstić information content (AvgIpc) is 3.23. The highest BCUT2D eigenvalue weighted by atomic mass is 35.5. The van der Waals surface area contributed by atoms with Gasteiger partial charge in [-0.25, -0.2) is 9.97 Å². The van der Waals surface area contributed by atoms with Crippen LogP contribution >= 0.6 is 23.4 Å².